The number of benzene rings is 1. The molecule has 90 valence electrons. The van der Waals surface area contributed by atoms with E-state index in [1.807, 2.05) is 0 Å². The molecule has 0 heterocycles. The first-order chi connectivity index (χ1) is 7.42. The van der Waals surface area contributed by atoms with Crippen LogP contribution in [0, 0.1) is 0 Å². The van der Waals surface area contributed by atoms with Crippen LogP contribution in [0.3, 0.4) is 0 Å². The number of nitrogens with two attached hydrogens (primary N) is 1. The van der Waals surface area contributed by atoms with Crippen molar-refractivity contribution in [2.24, 2.45) is 5.73 Å². The van der Waals surface area contributed by atoms with E-state index in [9.17, 15) is 13.2 Å². The van der Waals surface area contributed by atoms with E-state index in [1.165, 1.54) is 31.4 Å². The number of rotatable bonds is 4. The molecule has 16 heavy (non-hydrogen) atoms. The summed E-state index contributed by atoms with van der Waals surface area (Å²) in [5, 5.41) is 0. The molecule has 0 saturated carbocycles. The number of methoxy groups -OCH3 is 1. The van der Waals surface area contributed by atoms with Crippen LogP contribution in [0.4, 0.5) is 13.2 Å². The zero-order valence-electron chi connectivity index (χ0n) is 8.62. The molecule has 1 atom stereocenters. The van der Waals surface area contributed by atoms with E-state index in [4.69, 9.17) is 10.5 Å². The zero-order valence-corrected chi connectivity index (χ0v) is 8.62. The Hall–Kier alpha value is -1.27. The standard InChI is InChI=1S/C10H12F3NO2/c1-15-6-9(14)7-2-4-8(5-3-7)16-10(11,12)13/h2-5,9H,6,14H2,1H3/t9-/m0/s1. The quantitative estimate of drug-likeness (QED) is 0.870. The van der Waals surface area contributed by atoms with Crippen molar-refractivity contribution < 1.29 is 22.6 Å². The maximum Gasteiger partial charge on any atom is 0.573 e. The second kappa shape index (κ2) is 5.18. The fraction of sp³-hybridized carbons (Fsp3) is 0.400. The summed E-state index contributed by atoms with van der Waals surface area (Å²) in [4.78, 5) is 0. The first-order valence-electron chi connectivity index (χ1n) is 4.52. The van der Waals surface area contributed by atoms with Gasteiger partial charge < -0.3 is 15.2 Å². The summed E-state index contributed by atoms with van der Waals surface area (Å²) in [5.41, 5.74) is 6.39. The van der Waals surface area contributed by atoms with Crippen molar-refractivity contribution in [3.63, 3.8) is 0 Å². The molecule has 0 amide bonds. The third-order valence-corrected chi connectivity index (χ3v) is 1.89. The Kier molecular flexibility index (Phi) is 4.14. The van der Waals surface area contributed by atoms with Gasteiger partial charge in [-0.3, -0.25) is 0 Å². The maximum atomic E-state index is 11.9. The first-order valence-corrected chi connectivity index (χ1v) is 4.52. The topological polar surface area (TPSA) is 44.5 Å². The van der Waals surface area contributed by atoms with Crippen LogP contribution in [0.1, 0.15) is 11.6 Å². The summed E-state index contributed by atoms with van der Waals surface area (Å²) in [6.07, 6.45) is -4.67. The van der Waals surface area contributed by atoms with Crippen LogP contribution in [0.15, 0.2) is 24.3 Å². The van der Waals surface area contributed by atoms with Gasteiger partial charge in [0.15, 0.2) is 0 Å². The van der Waals surface area contributed by atoms with Gasteiger partial charge in [0.05, 0.1) is 12.6 Å². The van der Waals surface area contributed by atoms with Crippen molar-refractivity contribution in [3.8, 4) is 5.75 Å². The van der Waals surface area contributed by atoms with Crippen LogP contribution in [0.25, 0.3) is 0 Å². The molecular formula is C10H12F3NO2. The third kappa shape index (κ3) is 4.08. The molecule has 1 aromatic rings. The van der Waals surface area contributed by atoms with Crippen molar-refractivity contribution in [2.75, 3.05) is 13.7 Å². The summed E-state index contributed by atoms with van der Waals surface area (Å²) in [6, 6.07) is 5.04. The molecular weight excluding hydrogens is 223 g/mol. The molecule has 0 radical (unpaired) electrons. The Morgan fingerprint density at radius 2 is 1.81 bits per heavy atom. The van der Waals surface area contributed by atoms with Crippen LogP contribution in [0.5, 0.6) is 5.75 Å². The van der Waals surface area contributed by atoms with E-state index >= 15 is 0 Å². The van der Waals surface area contributed by atoms with E-state index in [1.54, 1.807) is 0 Å². The lowest BCUT2D eigenvalue weighted by molar-refractivity contribution is -0.274. The zero-order chi connectivity index (χ0) is 12.2. The molecule has 0 spiro atoms. The Bertz CT molecular complexity index is 324. The van der Waals surface area contributed by atoms with Gasteiger partial charge >= 0.3 is 6.36 Å². The molecule has 6 heteroatoms. The van der Waals surface area contributed by atoms with Gasteiger partial charge in [-0.1, -0.05) is 12.1 Å². The SMILES string of the molecule is COC[C@H](N)c1ccc(OC(F)(F)F)cc1. The Morgan fingerprint density at radius 3 is 2.25 bits per heavy atom. The molecule has 2 N–H and O–H groups in total. The molecule has 0 aliphatic heterocycles. The molecule has 0 unspecified atom stereocenters. The lowest BCUT2D eigenvalue weighted by Crippen LogP contribution is -2.18. The van der Waals surface area contributed by atoms with Crippen LogP contribution in [-0.2, 0) is 4.74 Å². The van der Waals surface area contributed by atoms with Gasteiger partial charge in [-0.2, -0.15) is 0 Å². The molecule has 0 aliphatic carbocycles. The fourth-order valence-electron chi connectivity index (χ4n) is 1.19. The average molecular weight is 235 g/mol. The second-order valence-corrected chi connectivity index (χ2v) is 3.18. The van der Waals surface area contributed by atoms with Gasteiger partial charge in [-0.15, -0.1) is 13.2 Å². The maximum absolute atomic E-state index is 11.9. The van der Waals surface area contributed by atoms with Gasteiger partial charge in [0.2, 0.25) is 0 Å². The van der Waals surface area contributed by atoms with Crippen LogP contribution in [-0.4, -0.2) is 20.1 Å². The van der Waals surface area contributed by atoms with Crippen LogP contribution in [0.2, 0.25) is 0 Å². The Labute approximate surface area is 91.0 Å². The van der Waals surface area contributed by atoms with Gasteiger partial charge in [0.1, 0.15) is 5.75 Å². The minimum absolute atomic E-state index is 0.263. The molecule has 0 aliphatic rings. The highest BCUT2D eigenvalue weighted by Gasteiger charge is 2.30. The molecule has 0 aromatic heterocycles. The van der Waals surface area contributed by atoms with Crippen molar-refractivity contribution >= 4 is 0 Å². The second-order valence-electron chi connectivity index (χ2n) is 3.18. The molecule has 3 nitrogen and oxygen atoms in total. The lowest BCUT2D eigenvalue weighted by atomic mass is 10.1. The van der Waals surface area contributed by atoms with Crippen LogP contribution >= 0.6 is 0 Å². The van der Waals surface area contributed by atoms with Gasteiger partial charge in [-0.05, 0) is 17.7 Å². The van der Waals surface area contributed by atoms with Crippen LogP contribution < -0.4 is 10.5 Å². The summed E-state index contributed by atoms with van der Waals surface area (Å²) < 4.78 is 44.1. The highest BCUT2D eigenvalue weighted by atomic mass is 19.4. The minimum atomic E-state index is -4.67. The Balaban J connectivity index is 2.68. The molecule has 1 rings (SSSR count). The van der Waals surface area contributed by atoms with Gasteiger partial charge in [0, 0.05) is 7.11 Å². The number of alkyl halides is 3. The molecule has 0 saturated heterocycles. The smallest absolute Gasteiger partial charge is 0.406 e. The summed E-state index contributed by atoms with van der Waals surface area (Å²) in [7, 11) is 1.50. The predicted molar refractivity (Wildman–Crippen MR) is 51.9 cm³/mol. The average Bonchev–Trinajstić information content (AvgIpc) is 2.16. The number of hydrogen-bond donors (Lipinski definition) is 1. The summed E-state index contributed by atoms with van der Waals surface area (Å²) in [5.74, 6) is -0.263. The van der Waals surface area contributed by atoms with E-state index in [-0.39, 0.29) is 11.8 Å². The number of ether oxygens (including phenoxy) is 2. The monoisotopic (exact) mass is 235 g/mol. The van der Waals surface area contributed by atoms with E-state index in [0.717, 1.165) is 0 Å². The van der Waals surface area contributed by atoms with Crippen molar-refractivity contribution in [3.05, 3.63) is 29.8 Å². The summed E-state index contributed by atoms with van der Waals surface area (Å²) in [6.45, 7) is 0.305. The first kappa shape index (κ1) is 12.8. The fourth-order valence-corrected chi connectivity index (χ4v) is 1.19. The van der Waals surface area contributed by atoms with Crippen molar-refractivity contribution in [1.29, 1.82) is 0 Å². The predicted octanol–water partition coefficient (Wildman–Crippen LogP) is 2.23. The van der Waals surface area contributed by atoms with Crippen molar-refractivity contribution in [1.82, 2.24) is 0 Å². The number of halogens is 3. The van der Waals surface area contributed by atoms with E-state index in [0.29, 0.717) is 12.2 Å². The summed E-state index contributed by atoms with van der Waals surface area (Å²) >= 11 is 0. The minimum Gasteiger partial charge on any atom is -0.406 e. The van der Waals surface area contributed by atoms with Gasteiger partial charge in [-0.25, -0.2) is 0 Å². The van der Waals surface area contributed by atoms with Gasteiger partial charge in [0.25, 0.3) is 0 Å². The third-order valence-electron chi connectivity index (χ3n) is 1.89. The molecule has 0 bridgehead atoms. The lowest BCUT2D eigenvalue weighted by Gasteiger charge is -2.12. The molecule has 1 aromatic carbocycles. The Morgan fingerprint density at radius 1 is 1.25 bits per heavy atom. The van der Waals surface area contributed by atoms with Crippen molar-refractivity contribution in [2.45, 2.75) is 12.4 Å². The highest BCUT2D eigenvalue weighted by Crippen LogP contribution is 2.23. The van der Waals surface area contributed by atoms with E-state index in [2.05, 4.69) is 4.74 Å². The van der Waals surface area contributed by atoms with E-state index < -0.39 is 6.36 Å². The number of hydrogen-bond acceptors (Lipinski definition) is 3. The highest BCUT2D eigenvalue weighted by molar-refractivity contribution is 5.29. The largest absolute Gasteiger partial charge is 0.573 e. The molecule has 0 fully saturated rings. The normalized spacial score (nSPS) is 13.6.